The third kappa shape index (κ3) is 7.50. The Balaban J connectivity index is 1.63. The number of halogens is 3. The van der Waals surface area contributed by atoms with Gasteiger partial charge in [-0.05, 0) is 54.8 Å². The van der Waals surface area contributed by atoms with Crippen molar-refractivity contribution in [1.29, 1.82) is 5.26 Å². The number of anilines is 1. The van der Waals surface area contributed by atoms with Gasteiger partial charge in [0, 0.05) is 11.7 Å². The molecule has 0 atom stereocenters. The average molecular weight is 502 g/mol. The SMILES string of the molecule is COc1cc(/C=C(/C#N)C(=O)NC2CCCCC2)ccc1OCC(=O)Nc1cccc(C(F)(F)F)c1. The zero-order valence-corrected chi connectivity index (χ0v) is 19.7. The van der Waals surface area contributed by atoms with Crippen LogP contribution >= 0.6 is 0 Å². The topological polar surface area (TPSA) is 100 Å². The van der Waals surface area contributed by atoms with Gasteiger partial charge in [0.1, 0.15) is 11.6 Å². The molecule has 0 saturated heterocycles. The van der Waals surface area contributed by atoms with Crippen LogP contribution in [0.15, 0.2) is 48.0 Å². The van der Waals surface area contributed by atoms with Gasteiger partial charge in [0.05, 0.1) is 12.7 Å². The molecule has 2 aromatic carbocycles. The normalized spacial score (nSPS) is 14.5. The summed E-state index contributed by atoms with van der Waals surface area (Å²) in [4.78, 5) is 24.7. The van der Waals surface area contributed by atoms with Crippen LogP contribution in [0.4, 0.5) is 18.9 Å². The summed E-state index contributed by atoms with van der Waals surface area (Å²) in [5.74, 6) is -0.638. The Kier molecular flexibility index (Phi) is 8.95. The van der Waals surface area contributed by atoms with E-state index in [1.165, 1.54) is 31.4 Å². The number of alkyl halides is 3. The number of amides is 2. The Morgan fingerprint density at radius 2 is 1.86 bits per heavy atom. The van der Waals surface area contributed by atoms with Crippen LogP contribution < -0.4 is 20.1 Å². The quantitative estimate of drug-likeness (QED) is 0.388. The smallest absolute Gasteiger partial charge is 0.416 e. The van der Waals surface area contributed by atoms with Crippen molar-refractivity contribution in [1.82, 2.24) is 5.32 Å². The molecule has 2 N–H and O–H groups in total. The predicted octanol–water partition coefficient (Wildman–Crippen LogP) is 5.09. The summed E-state index contributed by atoms with van der Waals surface area (Å²) in [5.41, 5.74) is -0.420. The van der Waals surface area contributed by atoms with Gasteiger partial charge in [-0.15, -0.1) is 0 Å². The molecule has 0 radical (unpaired) electrons. The second-order valence-corrected chi connectivity index (χ2v) is 8.30. The van der Waals surface area contributed by atoms with Crippen LogP contribution in [0.5, 0.6) is 11.5 Å². The highest BCUT2D eigenvalue weighted by molar-refractivity contribution is 6.01. The first kappa shape index (κ1) is 26.6. The first-order chi connectivity index (χ1) is 17.2. The van der Waals surface area contributed by atoms with E-state index >= 15 is 0 Å². The molecule has 0 aromatic heterocycles. The minimum atomic E-state index is -4.53. The van der Waals surface area contributed by atoms with Crippen LogP contribution in [0.2, 0.25) is 0 Å². The molecule has 1 fully saturated rings. The van der Waals surface area contributed by atoms with E-state index in [4.69, 9.17) is 9.47 Å². The second kappa shape index (κ2) is 12.1. The number of nitriles is 1. The fourth-order valence-corrected chi connectivity index (χ4v) is 3.83. The first-order valence-corrected chi connectivity index (χ1v) is 11.4. The lowest BCUT2D eigenvalue weighted by molar-refractivity contribution is -0.137. The van der Waals surface area contributed by atoms with Gasteiger partial charge in [-0.3, -0.25) is 9.59 Å². The number of ether oxygens (including phenoxy) is 2. The minimum Gasteiger partial charge on any atom is -0.493 e. The van der Waals surface area contributed by atoms with Crippen molar-refractivity contribution in [3.63, 3.8) is 0 Å². The summed E-state index contributed by atoms with van der Waals surface area (Å²) < 4.78 is 49.3. The average Bonchev–Trinajstić information content (AvgIpc) is 2.86. The van der Waals surface area contributed by atoms with Crippen molar-refractivity contribution >= 4 is 23.6 Å². The molecule has 3 rings (SSSR count). The van der Waals surface area contributed by atoms with Crippen LogP contribution in [0.3, 0.4) is 0 Å². The lowest BCUT2D eigenvalue weighted by Gasteiger charge is -2.22. The molecule has 0 unspecified atom stereocenters. The van der Waals surface area contributed by atoms with E-state index in [-0.39, 0.29) is 28.8 Å². The molecule has 7 nitrogen and oxygen atoms in total. The Morgan fingerprint density at radius 3 is 2.53 bits per heavy atom. The van der Waals surface area contributed by atoms with Crippen LogP contribution in [0.1, 0.15) is 43.2 Å². The number of carbonyl (C=O) groups excluding carboxylic acids is 2. The van der Waals surface area contributed by atoms with E-state index in [1.807, 2.05) is 6.07 Å². The van der Waals surface area contributed by atoms with Gasteiger partial charge in [0.25, 0.3) is 11.8 Å². The van der Waals surface area contributed by atoms with Gasteiger partial charge in [-0.25, -0.2) is 0 Å². The summed E-state index contributed by atoms with van der Waals surface area (Å²) in [7, 11) is 1.39. The van der Waals surface area contributed by atoms with Crippen LogP contribution in [-0.2, 0) is 15.8 Å². The third-order valence-electron chi connectivity index (χ3n) is 5.64. The molecule has 1 aliphatic carbocycles. The van der Waals surface area contributed by atoms with Gasteiger partial charge in [-0.2, -0.15) is 18.4 Å². The van der Waals surface area contributed by atoms with Crippen molar-refractivity contribution in [3.8, 4) is 17.6 Å². The van der Waals surface area contributed by atoms with Crippen LogP contribution in [0, 0.1) is 11.3 Å². The Morgan fingerprint density at radius 1 is 1.11 bits per heavy atom. The number of nitrogens with one attached hydrogen (secondary N) is 2. The number of nitrogens with zero attached hydrogens (tertiary/aromatic N) is 1. The largest absolute Gasteiger partial charge is 0.493 e. The van der Waals surface area contributed by atoms with Gasteiger partial charge in [-0.1, -0.05) is 31.4 Å². The van der Waals surface area contributed by atoms with Crippen molar-refractivity contribution in [3.05, 3.63) is 59.2 Å². The highest BCUT2D eigenvalue weighted by Crippen LogP contribution is 2.31. The van der Waals surface area contributed by atoms with E-state index in [0.717, 1.165) is 44.2 Å². The fourth-order valence-electron chi connectivity index (χ4n) is 3.83. The number of hydrogen-bond donors (Lipinski definition) is 2. The number of hydrogen-bond acceptors (Lipinski definition) is 5. The fraction of sp³-hybridized carbons (Fsp3) is 0.346. The maximum atomic E-state index is 12.8. The number of carbonyl (C=O) groups is 2. The molecule has 0 spiro atoms. The maximum absolute atomic E-state index is 12.8. The molecule has 36 heavy (non-hydrogen) atoms. The van der Waals surface area contributed by atoms with Crippen LogP contribution in [-0.4, -0.2) is 31.6 Å². The predicted molar refractivity (Wildman–Crippen MR) is 127 cm³/mol. The summed E-state index contributed by atoms with van der Waals surface area (Å²) in [5, 5.41) is 14.7. The standard InChI is InChI=1S/C26H26F3N3O4/c1-35-23-13-17(12-18(15-30)25(34)32-20-7-3-2-4-8-20)10-11-22(23)36-16-24(33)31-21-9-5-6-19(14-21)26(27,28)29/h5-6,9-14,20H,2-4,7-8,16H2,1H3,(H,31,33)(H,32,34)/b18-12-. The molecular weight excluding hydrogens is 475 g/mol. The van der Waals surface area contributed by atoms with Crippen molar-refractivity contribution in [2.45, 2.75) is 44.3 Å². The summed E-state index contributed by atoms with van der Waals surface area (Å²) >= 11 is 0. The summed E-state index contributed by atoms with van der Waals surface area (Å²) in [6, 6.07) is 10.9. The number of benzene rings is 2. The molecular formula is C26H26F3N3O4. The van der Waals surface area contributed by atoms with E-state index in [0.29, 0.717) is 5.56 Å². The second-order valence-electron chi connectivity index (χ2n) is 8.30. The minimum absolute atomic E-state index is 0.0126. The highest BCUT2D eigenvalue weighted by Gasteiger charge is 2.30. The van der Waals surface area contributed by atoms with E-state index in [2.05, 4.69) is 10.6 Å². The molecule has 2 aromatic rings. The molecule has 1 saturated carbocycles. The Bertz CT molecular complexity index is 1170. The van der Waals surface area contributed by atoms with Gasteiger partial charge >= 0.3 is 6.18 Å². The monoisotopic (exact) mass is 501 g/mol. The molecule has 2 amide bonds. The summed E-state index contributed by atoms with van der Waals surface area (Å²) in [6.07, 6.45) is 1.94. The lowest BCUT2D eigenvalue weighted by Crippen LogP contribution is -2.36. The van der Waals surface area contributed by atoms with E-state index in [9.17, 15) is 28.0 Å². The van der Waals surface area contributed by atoms with Crippen LogP contribution in [0.25, 0.3) is 6.08 Å². The summed E-state index contributed by atoms with van der Waals surface area (Å²) in [6.45, 7) is -0.477. The number of rotatable bonds is 8. The van der Waals surface area contributed by atoms with E-state index < -0.39 is 30.2 Å². The molecule has 0 bridgehead atoms. The van der Waals surface area contributed by atoms with Crippen molar-refractivity contribution < 1.29 is 32.2 Å². The van der Waals surface area contributed by atoms with Gasteiger partial charge in [0.2, 0.25) is 0 Å². The first-order valence-electron chi connectivity index (χ1n) is 11.4. The third-order valence-corrected chi connectivity index (χ3v) is 5.64. The molecule has 10 heteroatoms. The van der Waals surface area contributed by atoms with Crippen molar-refractivity contribution in [2.75, 3.05) is 19.0 Å². The zero-order valence-electron chi connectivity index (χ0n) is 19.7. The van der Waals surface area contributed by atoms with Gasteiger partial charge < -0.3 is 20.1 Å². The molecule has 0 heterocycles. The van der Waals surface area contributed by atoms with E-state index in [1.54, 1.807) is 12.1 Å². The lowest BCUT2D eigenvalue weighted by atomic mass is 9.95. The Hall–Kier alpha value is -4.00. The molecule has 0 aliphatic heterocycles. The zero-order chi connectivity index (χ0) is 26.1. The number of methoxy groups -OCH3 is 1. The van der Waals surface area contributed by atoms with Crippen molar-refractivity contribution in [2.24, 2.45) is 0 Å². The Labute approximate surface area is 206 Å². The molecule has 1 aliphatic rings. The molecule has 190 valence electrons. The van der Waals surface area contributed by atoms with Gasteiger partial charge in [0.15, 0.2) is 18.1 Å². The maximum Gasteiger partial charge on any atom is 0.416 e. The highest BCUT2D eigenvalue weighted by atomic mass is 19.4.